The number of Topliss-reactive ketones (excluding diaryl/α,β-unsaturated/α-hetero) is 1. The lowest BCUT2D eigenvalue weighted by atomic mass is 10.00. The first kappa shape index (κ1) is 26.7. The van der Waals surface area contributed by atoms with Crippen molar-refractivity contribution in [3.63, 3.8) is 0 Å². The van der Waals surface area contributed by atoms with Gasteiger partial charge < -0.3 is 20.6 Å². The predicted molar refractivity (Wildman–Crippen MR) is 139 cm³/mol. The van der Waals surface area contributed by atoms with Crippen molar-refractivity contribution in [3.8, 4) is 0 Å². The van der Waals surface area contributed by atoms with Crippen LogP contribution in [0, 0.1) is 5.92 Å². The zero-order chi connectivity index (χ0) is 26.4. The Kier molecular flexibility index (Phi) is 8.83. The number of rotatable bonds is 9. The molecule has 0 saturated carbocycles. The number of anilines is 1. The minimum Gasteiger partial charge on any atom is -0.390 e. The van der Waals surface area contributed by atoms with Gasteiger partial charge in [0.2, 0.25) is 5.78 Å². The number of aliphatic hydroxyl groups is 1. The molecule has 2 aliphatic heterocycles. The highest BCUT2D eigenvalue weighted by Crippen LogP contribution is 2.19. The van der Waals surface area contributed by atoms with Crippen LogP contribution in [0.5, 0.6) is 0 Å². The summed E-state index contributed by atoms with van der Waals surface area (Å²) in [5.74, 6) is -0.930. The maximum Gasteiger partial charge on any atom is 0.290 e. The molecule has 10 heteroatoms. The zero-order valence-electron chi connectivity index (χ0n) is 21.5. The van der Waals surface area contributed by atoms with E-state index in [9.17, 15) is 19.5 Å². The van der Waals surface area contributed by atoms with E-state index in [1.165, 1.54) is 17.5 Å². The summed E-state index contributed by atoms with van der Waals surface area (Å²) >= 11 is 0. The molecule has 1 saturated heterocycles. The van der Waals surface area contributed by atoms with Gasteiger partial charge in [-0.1, -0.05) is 38.1 Å². The van der Waals surface area contributed by atoms with Crippen molar-refractivity contribution in [1.29, 1.82) is 0 Å². The summed E-state index contributed by atoms with van der Waals surface area (Å²) in [6, 6.07) is 10.0. The average Bonchev–Trinajstić information content (AvgIpc) is 2.91. The summed E-state index contributed by atoms with van der Waals surface area (Å²) in [4.78, 5) is 49.0. The molecule has 2 amide bonds. The Hall–Kier alpha value is -3.37. The number of likely N-dealkylation sites (tertiary alicyclic amines) is 1. The number of carbonyl (C=O) groups excluding carboxylic acids is 3. The van der Waals surface area contributed by atoms with Crippen LogP contribution in [0.15, 0.2) is 36.7 Å². The molecule has 0 radical (unpaired) electrons. The molecule has 0 bridgehead atoms. The van der Waals surface area contributed by atoms with E-state index >= 15 is 0 Å². The molecule has 1 aromatic heterocycles. The van der Waals surface area contributed by atoms with Gasteiger partial charge in [-0.15, -0.1) is 0 Å². The van der Waals surface area contributed by atoms with Crippen LogP contribution in [0.1, 0.15) is 48.3 Å². The molecule has 0 unspecified atom stereocenters. The van der Waals surface area contributed by atoms with Crippen molar-refractivity contribution in [3.05, 3.63) is 53.5 Å². The Morgan fingerprint density at radius 1 is 1.08 bits per heavy atom. The van der Waals surface area contributed by atoms with Crippen LogP contribution in [0.3, 0.4) is 0 Å². The molecule has 37 heavy (non-hydrogen) atoms. The topological polar surface area (TPSA) is 128 Å². The quantitative estimate of drug-likeness (QED) is 0.432. The number of carbonyl (C=O) groups is 3. The molecular weight excluding hydrogens is 472 g/mol. The Labute approximate surface area is 217 Å². The molecule has 0 spiro atoms. The number of nitrogens with one attached hydrogen (secondary N) is 2. The second-order valence-corrected chi connectivity index (χ2v) is 10.1. The van der Waals surface area contributed by atoms with Crippen molar-refractivity contribution < 1.29 is 19.5 Å². The fourth-order valence-corrected chi connectivity index (χ4v) is 4.77. The number of aromatic nitrogens is 2. The van der Waals surface area contributed by atoms with Crippen LogP contribution in [0.4, 0.5) is 5.82 Å². The highest BCUT2D eigenvalue weighted by molar-refractivity contribution is 6.36. The Balaban J connectivity index is 1.22. The highest BCUT2D eigenvalue weighted by Gasteiger charge is 2.28. The highest BCUT2D eigenvalue weighted by atomic mass is 16.3. The van der Waals surface area contributed by atoms with Gasteiger partial charge in [0.05, 0.1) is 6.10 Å². The molecule has 0 aliphatic carbocycles. The third-order valence-electron chi connectivity index (χ3n) is 6.95. The Morgan fingerprint density at radius 2 is 1.81 bits per heavy atom. The molecular formula is C27H36N6O4. The molecule has 1 aromatic carbocycles. The number of hydrogen-bond acceptors (Lipinski definition) is 8. The molecule has 3 N–H and O–H groups in total. The molecule has 198 valence electrons. The van der Waals surface area contributed by atoms with E-state index in [1.54, 1.807) is 24.8 Å². The first-order chi connectivity index (χ1) is 17.8. The SMILES string of the molecule is CC(C)C(=O)C(=O)N1CCC(Nc2cc(C(=O)NC[C@H](O)CN3CCc4ccccc4C3)ncn2)CC1. The van der Waals surface area contributed by atoms with Crippen LogP contribution in [0.2, 0.25) is 0 Å². The largest absolute Gasteiger partial charge is 0.390 e. The van der Waals surface area contributed by atoms with Crippen LogP contribution in [0.25, 0.3) is 0 Å². The van der Waals surface area contributed by atoms with Crippen LogP contribution in [-0.4, -0.2) is 87.3 Å². The number of nitrogens with zero attached hydrogens (tertiary/aromatic N) is 4. The van der Waals surface area contributed by atoms with Gasteiger partial charge in [-0.05, 0) is 30.4 Å². The van der Waals surface area contributed by atoms with E-state index in [0.717, 1.165) is 19.5 Å². The number of amides is 2. The van der Waals surface area contributed by atoms with Crippen LogP contribution >= 0.6 is 0 Å². The zero-order valence-corrected chi connectivity index (χ0v) is 21.5. The number of ketones is 1. The minimum atomic E-state index is -0.691. The fraction of sp³-hybridized carbons (Fsp3) is 0.519. The number of benzene rings is 1. The van der Waals surface area contributed by atoms with Gasteiger partial charge >= 0.3 is 0 Å². The van der Waals surface area contributed by atoms with Crippen molar-refractivity contribution in [2.45, 2.75) is 51.8 Å². The Morgan fingerprint density at radius 3 is 2.54 bits per heavy atom. The summed E-state index contributed by atoms with van der Waals surface area (Å²) in [5, 5.41) is 16.6. The first-order valence-electron chi connectivity index (χ1n) is 13.0. The van der Waals surface area contributed by atoms with Crippen molar-refractivity contribution in [2.24, 2.45) is 5.92 Å². The first-order valence-corrected chi connectivity index (χ1v) is 13.0. The summed E-state index contributed by atoms with van der Waals surface area (Å²) in [7, 11) is 0. The van der Waals surface area contributed by atoms with E-state index < -0.39 is 12.0 Å². The second-order valence-electron chi connectivity index (χ2n) is 10.1. The predicted octanol–water partition coefficient (Wildman–Crippen LogP) is 1.25. The lowest BCUT2D eigenvalue weighted by molar-refractivity contribution is -0.146. The van der Waals surface area contributed by atoms with Crippen LogP contribution in [-0.2, 0) is 22.6 Å². The lowest BCUT2D eigenvalue weighted by Crippen LogP contribution is -2.46. The molecule has 10 nitrogen and oxygen atoms in total. The molecule has 3 heterocycles. The van der Waals surface area contributed by atoms with E-state index in [4.69, 9.17) is 0 Å². The molecule has 2 aliphatic rings. The van der Waals surface area contributed by atoms with E-state index in [1.807, 2.05) is 6.07 Å². The second kappa shape index (κ2) is 12.2. The number of β-amino-alcohol motifs (C(OH)–C–C–N with tert-alkyl or cyclic N) is 1. The van der Waals surface area contributed by atoms with Gasteiger partial charge in [0.15, 0.2) is 0 Å². The number of fused-ring (bicyclic) bond motifs is 1. The van der Waals surface area contributed by atoms with Gasteiger partial charge in [-0.25, -0.2) is 9.97 Å². The van der Waals surface area contributed by atoms with Crippen molar-refractivity contribution >= 4 is 23.4 Å². The monoisotopic (exact) mass is 508 g/mol. The molecule has 1 atom stereocenters. The fourth-order valence-electron chi connectivity index (χ4n) is 4.77. The van der Waals surface area contributed by atoms with Gasteiger partial charge in [-0.3, -0.25) is 19.3 Å². The Bertz CT molecular complexity index is 1120. The van der Waals surface area contributed by atoms with Gasteiger partial charge in [0.25, 0.3) is 11.8 Å². The number of hydrogen-bond donors (Lipinski definition) is 3. The molecule has 4 rings (SSSR count). The smallest absolute Gasteiger partial charge is 0.290 e. The average molecular weight is 509 g/mol. The van der Waals surface area contributed by atoms with E-state index in [-0.39, 0.29) is 35.9 Å². The number of piperidine rings is 1. The van der Waals surface area contributed by atoms with Crippen molar-refractivity contribution in [1.82, 2.24) is 25.1 Å². The van der Waals surface area contributed by atoms with Crippen molar-refractivity contribution in [2.75, 3.05) is 38.0 Å². The minimum absolute atomic E-state index is 0.0699. The van der Waals surface area contributed by atoms with E-state index in [2.05, 4.69) is 43.7 Å². The van der Waals surface area contributed by atoms with Gasteiger partial charge in [0.1, 0.15) is 17.8 Å². The summed E-state index contributed by atoms with van der Waals surface area (Å²) in [6.45, 7) is 6.73. The summed E-state index contributed by atoms with van der Waals surface area (Å²) < 4.78 is 0. The van der Waals surface area contributed by atoms with Crippen LogP contribution < -0.4 is 10.6 Å². The standard InChI is InChI=1S/C27H36N6O4/c1-18(2)25(35)27(37)33-11-8-21(9-12-33)31-24-13-23(29-17-30-24)26(36)28-14-22(34)16-32-10-7-19-5-3-4-6-20(19)15-32/h3-6,13,17-18,21-22,34H,7-12,14-16H2,1-2H3,(H,28,36)(H,29,30,31)/t22-/m0/s1. The van der Waals surface area contributed by atoms with Gasteiger partial charge in [-0.2, -0.15) is 0 Å². The van der Waals surface area contributed by atoms with Gasteiger partial charge in [0, 0.05) is 57.3 Å². The summed E-state index contributed by atoms with van der Waals surface area (Å²) in [6.07, 6.45) is 2.95. The maximum absolute atomic E-state index is 12.7. The number of aliphatic hydroxyl groups excluding tert-OH is 1. The van der Waals surface area contributed by atoms with E-state index in [0.29, 0.717) is 38.3 Å². The summed E-state index contributed by atoms with van der Waals surface area (Å²) in [5.41, 5.74) is 2.86. The molecule has 1 fully saturated rings. The lowest BCUT2D eigenvalue weighted by Gasteiger charge is -2.32. The third-order valence-corrected chi connectivity index (χ3v) is 6.95. The maximum atomic E-state index is 12.7. The molecule has 2 aromatic rings. The normalized spacial score (nSPS) is 17.2. The third kappa shape index (κ3) is 7.11.